The van der Waals surface area contributed by atoms with Crippen molar-refractivity contribution in [2.24, 2.45) is 0 Å². The summed E-state index contributed by atoms with van der Waals surface area (Å²) in [6.07, 6.45) is -0.164. The average molecular weight is 355 g/mol. The fraction of sp³-hybridized carbons (Fsp3) is 0.300. The van der Waals surface area contributed by atoms with Gasteiger partial charge >= 0.3 is 5.97 Å². The zero-order valence-electron chi connectivity index (χ0n) is 14.5. The third kappa shape index (κ3) is 4.21. The molecule has 1 N–H and O–H groups in total. The fourth-order valence-corrected chi connectivity index (χ4v) is 2.94. The molecule has 2 unspecified atom stereocenters. The molecule has 6 nitrogen and oxygen atoms in total. The van der Waals surface area contributed by atoms with Crippen molar-refractivity contribution in [3.63, 3.8) is 0 Å². The van der Waals surface area contributed by atoms with Gasteiger partial charge in [0.1, 0.15) is 11.9 Å². The van der Waals surface area contributed by atoms with Crippen LogP contribution in [0.15, 0.2) is 54.6 Å². The number of rotatable bonds is 5. The van der Waals surface area contributed by atoms with Gasteiger partial charge in [-0.15, -0.1) is 0 Å². The quantitative estimate of drug-likeness (QED) is 0.892. The normalized spacial score (nSPS) is 19.8. The van der Waals surface area contributed by atoms with Crippen LogP contribution in [-0.4, -0.2) is 47.7 Å². The molecular formula is C20H21NO5. The molecule has 26 heavy (non-hydrogen) atoms. The van der Waals surface area contributed by atoms with E-state index in [1.165, 1.54) is 0 Å². The molecule has 1 heterocycles. The summed E-state index contributed by atoms with van der Waals surface area (Å²) in [5, 5.41) is 8.72. The Morgan fingerprint density at radius 1 is 1.19 bits per heavy atom. The first-order valence-electron chi connectivity index (χ1n) is 8.47. The van der Waals surface area contributed by atoms with Gasteiger partial charge in [-0.05, 0) is 30.7 Å². The van der Waals surface area contributed by atoms with E-state index in [4.69, 9.17) is 14.6 Å². The Morgan fingerprint density at radius 3 is 2.69 bits per heavy atom. The lowest BCUT2D eigenvalue weighted by atomic mass is 10.0. The Hall–Kier alpha value is -2.86. The highest BCUT2D eigenvalue weighted by atomic mass is 16.5. The molecular weight excluding hydrogens is 334 g/mol. The Labute approximate surface area is 152 Å². The smallest absolute Gasteiger partial charge is 0.341 e. The van der Waals surface area contributed by atoms with Crippen molar-refractivity contribution in [1.82, 2.24) is 4.90 Å². The number of ether oxygens (including phenoxy) is 2. The van der Waals surface area contributed by atoms with Gasteiger partial charge in [0.05, 0.1) is 19.2 Å². The number of hydrogen-bond donors (Lipinski definition) is 1. The summed E-state index contributed by atoms with van der Waals surface area (Å²) in [6, 6.07) is 16.4. The molecule has 1 aliphatic rings. The van der Waals surface area contributed by atoms with E-state index in [0.29, 0.717) is 24.5 Å². The molecule has 1 fully saturated rings. The van der Waals surface area contributed by atoms with Crippen LogP contribution in [0.4, 0.5) is 0 Å². The van der Waals surface area contributed by atoms with Crippen LogP contribution in [0.25, 0.3) is 0 Å². The van der Waals surface area contributed by atoms with Gasteiger partial charge in [0.2, 0.25) is 0 Å². The number of hydrogen-bond acceptors (Lipinski definition) is 4. The van der Waals surface area contributed by atoms with E-state index >= 15 is 0 Å². The average Bonchev–Trinajstić information content (AvgIpc) is 2.67. The van der Waals surface area contributed by atoms with Crippen LogP contribution in [-0.2, 0) is 9.53 Å². The summed E-state index contributed by atoms with van der Waals surface area (Å²) in [4.78, 5) is 25.4. The van der Waals surface area contributed by atoms with Gasteiger partial charge in [-0.1, -0.05) is 36.4 Å². The molecule has 0 aliphatic carbocycles. The van der Waals surface area contributed by atoms with E-state index in [2.05, 4.69) is 0 Å². The SMILES string of the molecule is CC1COC(c2ccccc2)CN1C(=O)c1cccc(OCC(=O)O)c1. The number of amides is 1. The van der Waals surface area contributed by atoms with E-state index in [0.717, 1.165) is 5.56 Å². The Morgan fingerprint density at radius 2 is 1.96 bits per heavy atom. The highest BCUT2D eigenvalue weighted by molar-refractivity contribution is 5.95. The summed E-state index contributed by atoms with van der Waals surface area (Å²) in [5.74, 6) is -0.824. The first-order valence-corrected chi connectivity index (χ1v) is 8.47. The largest absolute Gasteiger partial charge is 0.482 e. The van der Waals surface area contributed by atoms with Gasteiger partial charge in [-0.2, -0.15) is 0 Å². The molecule has 0 aromatic heterocycles. The standard InChI is InChI=1S/C20H21NO5/c1-14-12-26-18(15-6-3-2-4-7-15)11-21(14)20(24)16-8-5-9-17(10-16)25-13-19(22)23/h2-10,14,18H,11-13H2,1H3,(H,22,23). The third-order valence-corrected chi connectivity index (χ3v) is 4.31. The van der Waals surface area contributed by atoms with E-state index in [1.54, 1.807) is 29.2 Å². The molecule has 0 radical (unpaired) electrons. The van der Waals surface area contributed by atoms with Crippen molar-refractivity contribution >= 4 is 11.9 Å². The van der Waals surface area contributed by atoms with Crippen molar-refractivity contribution < 1.29 is 24.2 Å². The summed E-state index contributed by atoms with van der Waals surface area (Å²) in [7, 11) is 0. The number of carboxylic acid groups (broad SMARTS) is 1. The molecule has 2 aromatic rings. The van der Waals surface area contributed by atoms with Crippen LogP contribution >= 0.6 is 0 Å². The molecule has 2 aromatic carbocycles. The minimum Gasteiger partial charge on any atom is -0.482 e. The second kappa shape index (κ2) is 8.01. The van der Waals surface area contributed by atoms with Crippen molar-refractivity contribution in [2.45, 2.75) is 19.1 Å². The maximum absolute atomic E-state index is 13.0. The molecule has 0 saturated carbocycles. The monoisotopic (exact) mass is 355 g/mol. The molecule has 1 aliphatic heterocycles. The van der Waals surface area contributed by atoms with Crippen LogP contribution < -0.4 is 4.74 Å². The van der Waals surface area contributed by atoms with Gasteiger partial charge in [0, 0.05) is 5.56 Å². The van der Waals surface area contributed by atoms with Gasteiger partial charge in [-0.3, -0.25) is 4.79 Å². The van der Waals surface area contributed by atoms with Crippen molar-refractivity contribution in [3.05, 3.63) is 65.7 Å². The predicted octanol–water partition coefficient (Wildman–Crippen LogP) is 2.75. The Balaban J connectivity index is 1.75. The van der Waals surface area contributed by atoms with Crippen LogP contribution in [0.5, 0.6) is 5.75 Å². The van der Waals surface area contributed by atoms with Crippen LogP contribution in [0.3, 0.4) is 0 Å². The fourth-order valence-electron chi connectivity index (χ4n) is 2.94. The third-order valence-electron chi connectivity index (χ3n) is 4.31. The molecule has 1 amide bonds. The zero-order valence-corrected chi connectivity index (χ0v) is 14.5. The molecule has 3 rings (SSSR count). The maximum Gasteiger partial charge on any atom is 0.341 e. The molecule has 2 atom stereocenters. The predicted molar refractivity (Wildman–Crippen MR) is 95.2 cm³/mol. The van der Waals surface area contributed by atoms with Crippen LogP contribution in [0, 0.1) is 0 Å². The lowest BCUT2D eigenvalue weighted by Crippen LogP contribution is -2.48. The van der Waals surface area contributed by atoms with Crippen LogP contribution in [0.1, 0.15) is 28.9 Å². The molecule has 0 spiro atoms. The summed E-state index contributed by atoms with van der Waals surface area (Å²) < 4.78 is 11.1. The lowest BCUT2D eigenvalue weighted by Gasteiger charge is -2.38. The highest BCUT2D eigenvalue weighted by Gasteiger charge is 2.31. The number of benzene rings is 2. The molecule has 6 heteroatoms. The number of nitrogens with zero attached hydrogens (tertiary/aromatic N) is 1. The van der Waals surface area contributed by atoms with Crippen molar-refractivity contribution in [1.29, 1.82) is 0 Å². The number of carbonyl (C=O) groups excluding carboxylic acids is 1. The summed E-state index contributed by atoms with van der Waals surface area (Å²) in [5.41, 5.74) is 1.50. The van der Waals surface area contributed by atoms with E-state index in [9.17, 15) is 9.59 Å². The van der Waals surface area contributed by atoms with Crippen LogP contribution in [0.2, 0.25) is 0 Å². The van der Waals surface area contributed by atoms with E-state index < -0.39 is 12.6 Å². The van der Waals surface area contributed by atoms with Crippen molar-refractivity contribution in [2.75, 3.05) is 19.8 Å². The Bertz CT molecular complexity index is 777. The minimum absolute atomic E-state index is 0.0499. The second-order valence-electron chi connectivity index (χ2n) is 6.25. The summed E-state index contributed by atoms with van der Waals surface area (Å²) in [6.45, 7) is 2.43. The maximum atomic E-state index is 13.0. The number of carbonyl (C=O) groups is 2. The van der Waals surface area contributed by atoms with E-state index in [1.807, 2.05) is 37.3 Å². The molecule has 136 valence electrons. The first kappa shape index (κ1) is 17.9. The first-order chi connectivity index (χ1) is 12.5. The highest BCUT2D eigenvalue weighted by Crippen LogP contribution is 2.26. The zero-order chi connectivity index (χ0) is 18.5. The number of carboxylic acids is 1. The Kier molecular flexibility index (Phi) is 5.53. The van der Waals surface area contributed by atoms with Gasteiger partial charge in [0.15, 0.2) is 6.61 Å². The molecule has 0 bridgehead atoms. The molecule has 1 saturated heterocycles. The number of aliphatic carboxylic acids is 1. The van der Waals surface area contributed by atoms with Gasteiger partial charge in [-0.25, -0.2) is 4.79 Å². The second-order valence-corrected chi connectivity index (χ2v) is 6.25. The lowest BCUT2D eigenvalue weighted by molar-refractivity contribution is -0.139. The van der Waals surface area contributed by atoms with Crippen molar-refractivity contribution in [3.8, 4) is 5.75 Å². The summed E-state index contributed by atoms with van der Waals surface area (Å²) >= 11 is 0. The van der Waals surface area contributed by atoms with Gasteiger partial charge in [0.25, 0.3) is 5.91 Å². The van der Waals surface area contributed by atoms with E-state index in [-0.39, 0.29) is 18.1 Å². The minimum atomic E-state index is -1.06. The topological polar surface area (TPSA) is 76.1 Å². The number of morpholine rings is 1. The van der Waals surface area contributed by atoms with Gasteiger partial charge < -0.3 is 19.5 Å².